The average molecular weight is 270 g/mol. The van der Waals surface area contributed by atoms with Crippen LogP contribution in [0.5, 0.6) is 5.75 Å². The van der Waals surface area contributed by atoms with Gasteiger partial charge in [-0.15, -0.1) is 11.3 Å². The molecule has 0 aliphatic carbocycles. The van der Waals surface area contributed by atoms with Gasteiger partial charge in [-0.25, -0.2) is 4.98 Å². The van der Waals surface area contributed by atoms with E-state index in [9.17, 15) is 0 Å². The fourth-order valence-electron chi connectivity index (χ4n) is 2.12. The molecular weight excluding hydrogens is 256 g/mol. The number of methoxy groups -OCH3 is 1. The second-order valence-electron chi connectivity index (χ2n) is 4.39. The lowest BCUT2D eigenvalue weighted by Gasteiger charge is -2.05. The van der Waals surface area contributed by atoms with E-state index >= 15 is 0 Å². The number of hydrogen-bond donors (Lipinski definition) is 1. The van der Waals surface area contributed by atoms with Crippen molar-refractivity contribution in [2.24, 2.45) is 0 Å². The lowest BCUT2D eigenvalue weighted by atomic mass is 10.1. The summed E-state index contributed by atoms with van der Waals surface area (Å²) in [4.78, 5) is 4.66. The molecule has 1 aromatic heterocycles. The van der Waals surface area contributed by atoms with Crippen molar-refractivity contribution in [2.45, 2.75) is 6.92 Å². The number of ether oxygens (including phenoxy) is 1. The number of hydrogen-bond acceptors (Lipinski definition) is 4. The van der Waals surface area contributed by atoms with Crippen molar-refractivity contribution < 1.29 is 4.74 Å². The van der Waals surface area contributed by atoms with Crippen molar-refractivity contribution in [1.82, 2.24) is 4.98 Å². The van der Waals surface area contributed by atoms with Crippen LogP contribution in [0.25, 0.3) is 20.8 Å². The summed E-state index contributed by atoms with van der Waals surface area (Å²) in [5.74, 6) is 0.848. The maximum absolute atomic E-state index is 6.07. The molecule has 1 heterocycles. The minimum absolute atomic E-state index is 0.769. The third-order valence-corrected chi connectivity index (χ3v) is 4.15. The molecule has 4 heteroatoms. The van der Waals surface area contributed by atoms with Gasteiger partial charge in [-0.05, 0) is 36.8 Å². The van der Waals surface area contributed by atoms with E-state index < -0.39 is 0 Å². The third kappa shape index (κ3) is 2.04. The molecule has 3 aromatic rings. The monoisotopic (exact) mass is 270 g/mol. The predicted molar refractivity (Wildman–Crippen MR) is 80.8 cm³/mol. The van der Waals surface area contributed by atoms with Gasteiger partial charge < -0.3 is 10.5 Å². The smallest absolute Gasteiger partial charge is 0.126 e. The van der Waals surface area contributed by atoms with Gasteiger partial charge in [-0.3, -0.25) is 0 Å². The minimum atomic E-state index is 0.769. The Morgan fingerprint density at radius 2 is 2.05 bits per heavy atom. The van der Waals surface area contributed by atoms with Crippen LogP contribution in [0.3, 0.4) is 0 Å². The molecule has 0 spiro atoms. The molecule has 0 bridgehead atoms. The summed E-state index contributed by atoms with van der Waals surface area (Å²) in [6.07, 6.45) is 0. The maximum atomic E-state index is 6.07. The number of nitrogens with zero attached hydrogens (tertiary/aromatic N) is 1. The molecule has 0 fully saturated rings. The van der Waals surface area contributed by atoms with Crippen LogP contribution >= 0.6 is 11.3 Å². The van der Waals surface area contributed by atoms with Crippen LogP contribution in [0.1, 0.15) is 5.56 Å². The van der Waals surface area contributed by atoms with E-state index in [2.05, 4.69) is 18.0 Å². The number of anilines is 1. The summed E-state index contributed by atoms with van der Waals surface area (Å²) in [7, 11) is 1.67. The molecule has 0 radical (unpaired) electrons. The topological polar surface area (TPSA) is 48.1 Å². The number of nitrogens with two attached hydrogens (primary N) is 1. The normalized spacial score (nSPS) is 10.8. The van der Waals surface area contributed by atoms with E-state index in [0.29, 0.717) is 0 Å². The number of fused-ring (bicyclic) bond motifs is 1. The van der Waals surface area contributed by atoms with E-state index in [4.69, 9.17) is 10.5 Å². The average Bonchev–Trinajstić information content (AvgIpc) is 2.80. The van der Waals surface area contributed by atoms with Crippen LogP contribution in [0, 0.1) is 6.92 Å². The molecule has 2 N–H and O–H groups in total. The number of nitrogen functional groups attached to an aromatic ring is 1. The Bertz CT molecular complexity index is 729. The SMILES string of the molecule is COc1ccc2nc(-c3c(C)cccc3N)sc2c1. The molecule has 2 aromatic carbocycles. The van der Waals surface area contributed by atoms with Gasteiger partial charge >= 0.3 is 0 Å². The Kier molecular flexibility index (Phi) is 2.87. The first-order valence-corrected chi connectivity index (χ1v) is 6.81. The highest BCUT2D eigenvalue weighted by Gasteiger charge is 2.11. The van der Waals surface area contributed by atoms with Crippen LogP contribution in [-0.2, 0) is 0 Å². The summed E-state index contributed by atoms with van der Waals surface area (Å²) in [6.45, 7) is 2.05. The Labute approximate surface area is 115 Å². The summed E-state index contributed by atoms with van der Waals surface area (Å²) >= 11 is 1.64. The first-order valence-electron chi connectivity index (χ1n) is 5.99. The fourth-order valence-corrected chi connectivity index (χ4v) is 3.25. The van der Waals surface area contributed by atoms with E-state index in [0.717, 1.165) is 37.8 Å². The van der Waals surface area contributed by atoms with Crippen LogP contribution in [0.4, 0.5) is 5.69 Å². The molecule has 96 valence electrons. The molecule has 0 saturated heterocycles. The maximum Gasteiger partial charge on any atom is 0.126 e. The van der Waals surface area contributed by atoms with Gasteiger partial charge in [0.1, 0.15) is 10.8 Å². The molecule has 3 nitrogen and oxygen atoms in total. The Morgan fingerprint density at radius 3 is 2.79 bits per heavy atom. The molecule has 0 atom stereocenters. The molecule has 19 heavy (non-hydrogen) atoms. The number of benzene rings is 2. The zero-order valence-corrected chi connectivity index (χ0v) is 11.6. The van der Waals surface area contributed by atoms with Crippen LogP contribution in [0.2, 0.25) is 0 Å². The van der Waals surface area contributed by atoms with Gasteiger partial charge in [-0.1, -0.05) is 12.1 Å². The van der Waals surface area contributed by atoms with Crippen molar-refractivity contribution in [3.8, 4) is 16.3 Å². The molecule has 0 unspecified atom stereocenters. The quantitative estimate of drug-likeness (QED) is 0.719. The Hall–Kier alpha value is -2.07. The summed E-state index contributed by atoms with van der Waals surface area (Å²) in [5, 5.41) is 0.957. The number of aromatic nitrogens is 1. The number of thiazole rings is 1. The van der Waals surface area contributed by atoms with Crippen molar-refractivity contribution in [3.05, 3.63) is 42.0 Å². The van der Waals surface area contributed by atoms with Gasteiger partial charge in [0, 0.05) is 11.3 Å². The third-order valence-electron chi connectivity index (χ3n) is 3.11. The summed E-state index contributed by atoms with van der Waals surface area (Å²) in [6, 6.07) is 11.8. The minimum Gasteiger partial charge on any atom is -0.497 e. The van der Waals surface area contributed by atoms with Crippen molar-refractivity contribution in [1.29, 1.82) is 0 Å². The Morgan fingerprint density at radius 1 is 1.21 bits per heavy atom. The van der Waals surface area contributed by atoms with Gasteiger partial charge in [0.05, 0.1) is 17.3 Å². The van der Waals surface area contributed by atoms with Gasteiger partial charge in [0.15, 0.2) is 0 Å². The number of aryl methyl sites for hydroxylation is 1. The van der Waals surface area contributed by atoms with Crippen molar-refractivity contribution >= 4 is 27.2 Å². The fraction of sp³-hybridized carbons (Fsp3) is 0.133. The van der Waals surface area contributed by atoms with Crippen LogP contribution in [0.15, 0.2) is 36.4 Å². The molecule has 0 amide bonds. The molecular formula is C15H14N2OS. The van der Waals surface area contributed by atoms with Crippen LogP contribution in [-0.4, -0.2) is 12.1 Å². The predicted octanol–water partition coefficient (Wildman–Crippen LogP) is 3.86. The van der Waals surface area contributed by atoms with Gasteiger partial charge in [0.25, 0.3) is 0 Å². The highest BCUT2D eigenvalue weighted by molar-refractivity contribution is 7.21. The Balaban J connectivity index is 2.21. The first kappa shape index (κ1) is 12.0. The summed E-state index contributed by atoms with van der Waals surface area (Å²) < 4.78 is 6.35. The zero-order valence-electron chi connectivity index (χ0n) is 10.8. The second kappa shape index (κ2) is 4.55. The second-order valence-corrected chi connectivity index (χ2v) is 5.42. The number of rotatable bonds is 2. The van der Waals surface area contributed by atoms with Gasteiger partial charge in [0.2, 0.25) is 0 Å². The highest BCUT2D eigenvalue weighted by atomic mass is 32.1. The van der Waals surface area contributed by atoms with Crippen molar-refractivity contribution in [2.75, 3.05) is 12.8 Å². The molecule has 0 saturated carbocycles. The van der Waals surface area contributed by atoms with Crippen LogP contribution < -0.4 is 10.5 Å². The van der Waals surface area contributed by atoms with E-state index in [1.165, 1.54) is 0 Å². The highest BCUT2D eigenvalue weighted by Crippen LogP contribution is 2.36. The molecule has 0 aliphatic rings. The summed E-state index contributed by atoms with van der Waals surface area (Å²) in [5.41, 5.74) is 9.99. The first-order chi connectivity index (χ1) is 9.19. The van der Waals surface area contributed by atoms with E-state index in [1.807, 2.05) is 30.3 Å². The molecule has 0 aliphatic heterocycles. The lowest BCUT2D eigenvalue weighted by molar-refractivity contribution is 0.415. The largest absolute Gasteiger partial charge is 0.497 e. The van der Waals surface area contributed by atoms with E-state index in [-0.39, 0.29) is 0 Å². The standard InChI is InChI=1S/C15H14N2OS/c1-9-4-3-5-11(16)14(9)15-17-12-7-6-10(18-2)8-13(12)19-15/h3-8H,16H2,1-2H3. The lowest BCUT2D eigenvalue weighted by Crippen LogP contribution is -1.91. The van der Waals surface area contributed by atoms with Crippen molar-refractivity contribution in [3.63, 3.8) is 0 Å². The molecule has 3 rings (SSSR count). The van der Waals surface area contributed by atoms with E-state index in [1.54, 1.807) is 18.4 Å². The zero-order chi connectivity index (χ0) is 13.4. The van der Waals surface area contributed by atoms with Gasteiger partial charge in [-0.2, -0.15) is 0 Å².